The molecule has 0 radical (unpaired) electrons. The SMILES string of the molecule is COc1cccc(C(C)NC(=O)c2cc3ccc(-c4ccncc4)nc3s2)c1. The lowest BCUT2D eigenvalue weighted by molar-refractivity contribution is 0.0944. The number of carbonyl (C=O) groups is 1. The Kier molecular flexibility index (Phi) is 5.04. The number of hydrogen-bond acceptors (Lipinski definition) is 5. The number of rotatable bonds is 5. The second-order valence-corrected chi connectivity index (χ2v) is 7.44. The van der Waals surface area contributed by atoms with Crippen LogP contribution in [0, 0.1) is 0 Å². The Bertz CT molecular complexity index is 1130. The monoisotopic (exact) mass is 389 g/mol. The number of hydrogen-bond donors (Lipinski definition) is 1. The summed E-state index contributed by atoms with van der Waals surface area (Å²) in [4.78, 5) is 23.0. The number of carbonyl (C=O) groups excluding carboxylic acids is 1. The van der Waals surface area contributed by atoms with Crippen molar-refractivity contribution < 1.29 is 9.53 Å². The molecule has 0 aliphatic rings. The van der Waals surface area contributed by atoms with Crippen LogP contribution >= 0.6 is 11.3 Å². The van der Waals surface area contributed by atoms with Gasteiger partial charge in [-0.15, -0.1) is 11.3 Å². The van der Waals surface area contributed by atoms with E-state index >= 15 is 0 Å². The van der Waals surface area contributed by atoms with Gasteiger partial charge in [-0.25, -0.2) is 4.98 Å². The minimum Gasteiger partial charge on any atom is -0.497 e. The molecule has 0 saturated heterocycles. The summed E-state index contributed by atoms with van der Waals surface area (Å²) in [6.07, 6.45) is 3.49. The van der Waals surface area contributed by atoms with Crippen LogP contribution in [-0.4, -0.2) is 23.0 Å². The zero-order valence-electron chi connectivity index (χ0n) is 15.5. The van der Waals surface area contributed by atoms with Gasteiger partial charge in [0.05, 0.1) is 23.7 Å². The van der Waals surface area contributed by atoms with Gasteiger partial charge in [0.1, 0.15) is 10.6 Å². The Morgan fingerprint density at radius 2 is 1.93 bits per heavy atom. The molecule has 1 aromatic carbocycles. The van der Waals surface area contributed by atoms with Gasteiger partial charge in [0.15, 0.2) is 0 Å². The van der Waals surface area contributed by atoms with Crippen LogP contribution in [0.3, 0.4) is 0 Å². The first-order valence-corrected chi connectivity index (χ1v) is 9.71. The number of nitrogens with zero attached hydrogens (tertiary/aromatic N) is 2. The summed E-state index contributed by atoms with van der Waals surface area (Å²) < 4.78 is 5.26. The molecule has 0 aliphatic heterocycles. The third kappa shape index (κ3) is 3.73. The molecule has 1 amide bonds. The molecule has 3 aromatic heterocycles. The molecule has 6 heteroatoms. The lowest BCUT2D eigenvalue weighted by Gasteiger charge is -2.14. The molecule has 0 saturated carbocycles. The van der Waals surface area contributed by atoms with Gasteiger partial charge in [0, 0.05) is 23.3 Å². The maximum absolute atomic E-state index is 12.7. The number of fused-ring (bicyclic) bond motifs is 1. The number of nitrogens with one attached hydrogen (secondary N) is 1. The van der Waals surface area contributed by atoms with E-state index in [1.165, 1.54) is 11.3 Å². The number of aromatic nitrogens is 2. The number of methoxy groups -OCH3 is 1. The van der Waals surface area contributed by atoms with Crippen LogP contribution in [0.4, 0.5) is 0 Å². The molecule has 4 aromatic rings. The number of amides is 1. The highest BCUT2D eigenvalue weighted by Crippen LogP contribution is 2.28. The van der Waals surface area contributed by atoms with E-state index in [-0.39, 0.29) is 11.9 Å². The summed E-state index contributed by atoms with van der Waals surface area (Å²) in [6.45, 7) is 1.96. The van der Waals surface area contributed by atoms with E-state index in [9.17, 15) is 4.79 Å². The second-order valence-electron chi connectivity index (χ2n) is 6.41. The Balaban J connectivity index is 1.55. The summed E-state index contributed by atoms with van der Waals surface area (Å²) in [5.41, 5.74) is 2.86. The zero-order chi connectivity index (χ0) is 19.5. The molecule has 28 heavy (non-hydrogen) atoms. The van der Waals surface area contributed by atoms with E-state index < -0.39 is 0 Å². The topological polar surface area (TPSA) is 64.1 Å². The molecule has 0 aliphatic carbocycles. The van der Waals surface area contributed by atoms with Crippen molar-refractivity contribution in [3.05, 3.63) is 77.4 Å². The van der Waals surface area contributed by atoms with Crippen molar-refractivity contribution in [3.63, 3.8) is 0 Å². The van der Waals surface area contributed by atoms with Crippen LogP contribution < -0.4 is 10.1 Å². The standard InChI is InChI=1S/C22H19N3O2S/c1-14(16-4-3-5-18(12-16)27-2)24-21(26)20-13-17-6-7-19(25-22(17)28-20)15-8-10-23-11-9-15/h3-14H,1-2H3,(H,24,26). The van der Waals surface area contributed by atoms with Crippen LogP contribution in [0.25, 0.3) is 21.5 Å². The third-order valence-corrected chi connectivity index (χ3v) is 5.57. The summed E-state index contributed by atoms with van der Waals surface area (Å²) in [7, 11) is 1.63. The van der Waals surface area contributed by atoms with Gasteiger partial charge in [-0.2, -0.15) is 0 Å². The van der Waals surface area contributed by atoms with Crippen molar-refractivity contribution >= 4 is 27.5 Å². The van der Waals surface area contributed by atoms with Gasteiger partial charge in [-0.05, 0) is 55.0 Å². The first-order valence-electron chi connectivity index (χ1n) is 8.90. The summed E-state index contributed by atoms with van der Waals surface area (Å²) >= 11 is 1.40. The molecule has 1 atom stereocenters. The lowest BCUT2D eigenvalue weighted by Crippen LogP contribution is -2.25. The zero-order valence-corrected chi connectivity index (χ0v) is 16.4. The average Bonchev–Trinajstić information content (AvgIpc) is 3.18. The maximum Gasteiger partial charge on any atom is 0.261 e. The van der Waals surface area contributed by atoms with Crippen LogP contribution in [0.15, 0.2) is 67.0 Å². The molecular weight excluding hydrogens is 370 g/mol. The summed E-state index contributed by atoms with van der Waals surface area (Å²) in [5.74, 6) is 0.664. The predicted molar refractivity (Wildman–Crippen MR) is 112 cm³/mol. The van der Waals surface area contributed by atoms with E-state index in [1.54, 1.807) is 19.5 Å². The summed E-state index contributed by atoms with van der Waals surface area (Å²) in [6, 6.07) is 17.3. The lowest BCUT2D eigenvalue weighted by atomic mass is 10.1. The molecule has 1 unspecified atom stereocenters. The fourth-order valence-electron chi connectivity index (χ4n) is 2.97. The largest absolute Gasteiger partial charge is 0.497 e. The minimum absolute atomic E-state index is 0.108. The molecule has 5 nitrogen and oxygen atoms in total. The van der Waals surface area contributed by atoms with E-state index in [2.05, 4.69) is 10.3 Å². The highest BCUT2D eigenvalue weighted by molar-refractivity contribution is 7.20. The number of benzene rings is 1. The van der Waals surface area contributed by atoms with Crippen molar-refractivity contribution in [2.45, 2.75) is 13.0 Å². The molecular formula is C22H19N3O2S. The highest BCUT2D eigenvalue weighted by atomic mass is 32.1. The Hall–Kier alpha value is -3.25. The number of pyridine rings is 2. The number of thiophene rings is 1. The summed E-state index contributed by atoms with van der Waals surface area (Å²) in [5, 5.41) is 4.01. The molecule has 3 heterocycles. The highest BCUT2D eigenvalue weighted by Gasteiger charge is 2.15. The van der Waals surface area contributed by atoms with Gasteiger partial charge in [0.25, 0.3) is 5.91 Å². The van der Waals surface area contributed by atoms with E-state index in [1.807, 2.05) is 61.5 Å². The van der Waals surface area contributed by atoms with Crippen molar-refractivity contribution in [1.82, 2.24) is 15.3 Å². The van der Waals surface area contributed by atoms with Crippen LogP contribution in [0.1, 0.15) is 28.2 Å². The van der Waals surface area contributed by atoms with Gasteiger partial charge in [-0.1, -0.05) is 12.1 Å². The molecule has 0 bridgehead atoms. The van der Waals surface area contributed by atoms with Crippen molar-refractivity contribution in [1.29, 1.82) is 0 Å². The maximum atomic E-state index is 12.7. The molecule has 4 rings (SSSR count). The van der Waals surface area contributed by atoms with Gasteiger partial charge in [-0.3, -0.25) is 9.78 Å². The van der Waals surface area contributed by atoms with Crippen molar-refractivity contribution in [2.24, 2.45) is 0 Å². The minimum atomic E-state index is -0.131. The van der Waals surface area contributed by atoms with Gasteiger partial charge >= 0.3 is 0 Å². The van der Waals surface area contributed by atoms with Crippen molar-refractivity contribution in [3.8, 4) is 17.0 Å². The van der Waals surface area contributed by atoms with Gasteiger partial charge in [0.2, 0.25) is 0 Å². The molecule has 1 N–H and O–H groups in total. The van der Waals surface area contributed by atoms with E-state index in [4.69, 9.17) is 9.72 Å². The Labute approximate surface area is 167 Å². The Morgan fingerprint density at radius 1 is 1.11 bits per heavy atom. The fourth-order valence-corrected chi connectivity index (χ4v) is 3.91. The van der Waals surface area contributed by atoms with E-state index in [0.717, 1.165) is 32.8 Å². The second kappa shape index (κ2) is 7.78. The average molecular weight is 389 g/mol. The first kappa shape index (κ1) is 18.1. The Morgan fingerprint density at radius 3 is 2.71 bits per heavy atom. The smallest absolute Gasteiger partial charge is 0.261 e. The normalized spacial score (nSPS) is 11.9. The van der Waals surface area contributed by atoms with Crippen LogP contribution in [0.2, 0.25) is 0 Å². The van der Waals surface area contributed by atoms with Crippen LogP contribution in [-0.2, 0) is 0 Å². The van der Waals surface area contributed by atoms with Crippen LogP contribution in [0.5, 0.6) is 5.75 Å². The first-order chi connectivity index (χ1) is 13.6. The van der Waals surface area contributed by atoms with E-state index in [0.29, 0.717) is 4.88 Å². The third-order valence-electron chi connectivity index (χ3n) is 4.52. The number of ether oxygens (including phenoxy) is 1. The molecule has 0 spiro atoms. The van der Waals surface area contributed by atoms with Gasteiger partial charge < -0.3 is 10.1 Å². The quantitative estimate of drug-likeness (QED) is 0.529. The molecule has 0 fully saturated rings. The fraction of sp³-hybridized carbons (Fsp3) is 0.136. The van der Waals surface area contributed by atoms with Crippen molar-refractivity contribution in [2.75, 3.05) is 7.11 Å². The molecule has 140 valence electrons. The predicted octanol–water partition coefficient (Wildman–Crippen LogP) is 4.86.